The van der Waals surface area contributed by atoms with Crippen molar-refractivity contribution in [2.75, 3.05) is 33.4 Å². The van der Waals surface area contributed by atoms with Crippen molar-refractivity contribution in [2.45, 2.75) is 46.0 Å². The lowest BCUT2D eigenvalue weighted by atomic mass is 9.79. The van der Waals surface area contributed by atoms with Crippen molar-refractivity contribution in [3.63, 3.8) is 0 Å². The van der Waals surface area contributed by atoms with Crippen LogP contribution in [0.5, 0.6) is 0 Å². The number of nitrogens with zero attached hydrogens (tertiary/aromatic N) is 1. The van der Waals surface area contributed by atoms with E-state index in [4.69, 9.17) is 9.26 Å². The Bertz CT molecular complexity index is 486. The summed E-state index contributed by atoms with van der Waals surface area (Å²) in [5, 5.41) is 10.5. The highest BCUT2D eigenvalue weighted by molar-refractivity contribution is 5.85. The fourth-order valence-electron chi connectivity index (χ4n) is 3.28. The second kappa shape index (κ2) is 10.0. The van der Waals surface area contributed by atoms with Crippen LogP contribution in [0.2, 0.25) is 0 Å². The molecule has 24 heavy (non-hydrogen) atoms. The Morgan fingerprint density at radius 3 is 2.62 bits per heavy atom. The van der Waals surface area contributed by atoms with Crippen molar-refractivity contribution in [1.29, 1.82) is 0 Å². The van der Waals surface area contributed by atoms with Crippen molar-refractivity contribution in [3.8, 4) is 0 Å². The smallest absolute Gasteiger partial charge is 0.224 e. The van der Waals surface area contributed by atoms with E-state index >= 15 is 0 Å². The maximum atomic E-state index is 12.4. The molecule has 1 aromatic rings. The van der Waals surface area contributed by atoms with Crippen molar-refractivity contribution in [3.05, 3.63) is 17.0 Å². The van der Waals surface area contributed by atoms with Gasteiger partial charge >= 0.3 is 0 Å². The molecular weight excluding hydrogens is 330 g/mol. The summed E-state index contributed by atoms with van der Waals surface area (Å²) in [7, 11) is 1.73. The van der Waals surface area contributed by atoms with Crippen LogP contribution in [0.3, 0.4) is 0 Å². The van der Waals surface area contributed by atoms with Crippen LogP contribution >= 0.6 is 12.4 Å². The van der Waals surface area contributed by atoms with Crippen LogP contribution in [0, 0.1) is 5.41 Å². The van der Waals surface area contributed by atoms with Gasteiger partial charge in [0.1, 0.15) is 5.76 Å². The van der Waals surface area contributed by atoms with Gasteiger partial charge in [-0.3, -0.25) is 4.79 Å². The van der Waals surface area contributed by atoms with E-state index in [1.54, 1.807) is 7.11 Å². The Kier molecular flexibility index (Phi) is 8.73. The lowest BCUT2D eigenvalue weighted by Gasteiger charge is -2.37. The molecule has 1 aliphatic heterocycles. The predicted octanol–water partition coefficient (Wildman–Crippen LogP) is 1.90. The zero-order valence-electron chi connectivity index (χ0n) is 14.9. The molecule has 1 fully saturated rings. The first-order valence-corrected chi connectivity index (χ1v) is 8.56. The average molecular weight is 360 g/mol. The molecule has 1 saturated heterocycles. The number of ether oxygens (including phenoxy) is 1. The Hall–Kier alpha value is -1.11. The van der Waals surface area contributed by atoms with E-state index < -0.39 is 0 Å². The predicted molar refractivity (Wildman–Crippen MR) is 95.6 cm³/mol. The van der Waals surface area contributed by atoms with Gasteiger partial charge in [0.25, 0.3) is 0 Å². The van der Waals surface area contributed by atoms with Gasteiger partial charge in [0.2, 0.25) is 5.91 Å². The van der Waals surface area contributed by atoms with Gasteiger partial charge < -0.3 is 19.9 Å². The zero-order chi connectivity index (χ0) is 16.7. The number of carbonyl (C=O) groups excluding carboxylic acids is 1. The monoisotopic (exact) mass is 359 g/mol. The molecule has 0 aliphatic carbocycles. The van der Waals surface area contributed by atoms with Crippen LogP contribution in [0.25, 0.3) is 0 Å². The quantitative estimate of drug-likeness (QED) is 0.741. The Morgan fingerprint density at radius 2 is 2.04 bits per heavy atom. The topological polar surface area (TPSA) is 76.4 Å². The number of halogens is 1. The van der Waals surface area contributed by atoms with Gasteiger partial charge in [0.15, 0.2) is 0 Å². The Balaban J connectivity index is 0.00000288. The van der Waals surface area contributed by atoms with Crippen LogP contribution in [0.4, 0.5) is 0 Å². The van der Waals surface area contributed by atoms with Crippen LogP contribution in [0.15, 0.2) is 4.52 Å². The van der Waals surface area contributed by atoms with Crippen molar-refractivity contribution < 1.29 is 14.1 Å². The highest BCUT2D eigenvalue weighted by atomic mass is 35.5. The molecule has 0 unspecified atom stereocenters. The molecule has 0 atom stereocenters. The summed E-state index contributed by atoms with van der Waals surface area (Å²) in [6.45, 7) is 7.35. The second-order valence-electron chi connectivity index (χ2n) is 6.37. The van der Waals surface area contributed by atoms with Crippen molar-refractivity contribution >= 4 is 18.3 Å². The number of amides is 1. The Labute approximate surface area is 150 Å². The second-order valence-corrected chi connectivity index (χ2v) is 6.37. The molecular formula is C17H30ClN3O3. The van der Waals surface area contributed by atoms with Gasteiger partial charge in [-0.15, -0.1) is 12.4 Å². The molecule has 2 N–H and O–H groups in total. The number of piperidine rings is 1. The largest absolute Gasteiger partial charge is 0.384 e. The average Bonchev–Trinajstić information content (AvgIpc) is 2.96. The number of methoxy groups -OCH3 is 1. The molecule has 1 amide bonds. The van der Waals surface area contributed by atoms with Crippen molar-refractivity contribution in [1.82, 2.24) is 15.8 Å². The fourth-order valence-corrected chi connectivity index (χ4v) is 3.28. The summed E-state index contributed by atoms with van der Waals surface area (Å²) in [5.74, 6) is 0.858. The molecule has 6 nitrogen and oxygen atoms in total. The lowest BCUT2D eigenvalue weighted by Crippen LogP contribution is -2.47. The first-order chi connectivity index (χ1) is 11.1. The van der Waals surface area contributed by atoms with Gasteiger partial charge in [-0.2, -0.15) is 0 Å². The van der Waals surface area contributed by atoms with E-state index in [0.717, 1.165) is 55.8 Å². The number of aryl methyl sites for hydroxylation is 2. The fraction of sp³-hybridized carbons (Fsp3) is 0.765. The minimum absolute atomic E-state index is 0. The van der Waals surface area contributed by atoms with E-state index in [2.05, 4.69) is 15.8 Å². The SMILES string of the molecule is CCc1noc(CC)c1CC(=O)NCC1(COC)CCNCC1.Cl. The first kappa shape index (κ1) is 20.9. The number of aromatic nitrogens is 1. The van der Waals surface area contributed by atoms with Crippen LogP contribution in [-0.4, -0.2) is 44.4 Å². The summed E-state index contributed by atoms with van der Waals surface area (Å²) >= 11 is 0. The van der Waals surface area contributed by atoms with Crippen LogP contribution in [0.1, 0.15) is 43.7 Å². The minimum Gasteiger partial charge on any atom is -0.384 e. The number of rotatable bonds is 8. The van der Waals surface area contributed by atoms with E-state index in [0.29, 0.717) is 19.6 Å². The molecule has 138 valence electrons. The molecule has 0 spiro atoms. The van der Waals surface area contributed by atoms with Crippen LogP contribution < -0.4 is 10.6 Å². The summed E-state index contributed by atoms with van der Waals surface area (Å²) in [6.07, 6.45) is 3.93. The number of hydrogen-bond donors (Lipinski definition) is 2. The zero-order valence-corrected chi connectivity index (χ0v) is 15.8. The van der Waals surface area contributed by atoms with E-state index in [1.807, 2.05) is 13.8 Å². The molecule has 1 aromatic heterocycles. The van der Waals surface area contributed by atoms with E-state index in [-0.39, 0.29) is 23.7 Å². The van der Waals surface area contributed by atoms with Gasteiger partial charge in [0.05, 0.1) is 18.7 Å². The molecule has 7 heteroatoms. The van der Waals surface area contributed by atoms with Gasteiger partial charge in [-0.25, -0.2) is 0 Å². The van der Waals surface area contributed by atoms with Gasteiger partial charge in [-0.1, -0.05) is 19.0 Å². The molecule has 0 saturated carbocycles. The third-order valence-corrected chi connectivity index (χ3v) is 4.72. The summed E-state index contributed by atoms with van der Waals surface area (Å²) in [6, 6.07) is 0. The van der Waals surface area contributed by atoms with Crippen LogP contribution in [-0.2, 0) is 28.8 Å². The number of carbonyl (C=O) groups is 1. The van der Waals surface area contributed by atoms with E-state index in [1.165, 1.54) is 0 Å². The standard InChI is InChI=1S/C17H29N3O3.ClH/c1-4-14-13(15(5-2)23-20-14)10-16(21)19-11-17(12-22-3)6-8-18-9-7-17;/h18H,4-12H2,1-3H3,(H,19,21);1H. The molecule has 0 bridgehead atoms. The van der Waals surface area contributed by atoms with Crippen molar-refractivity contribution in [2.24, 2.45) is 5.41 Å². The normalized spacial score (nSPS) is 16.5. The summed E-state index contributed by atoms with van der Waals surface area (Å²) in [4.78, 5) is 12.4. The Morgan fingerprint density at radius 1 is 1.33 bits per heavy atom. The first-order valence-electron chi connectivity index (χ1n) is 8.56. The minimum atomic E-state index is 0. The maximum Gasteiger partial charge on any atom is 0.224 e. The number of hydrogen-bond acceptors (Lipinski definition) is 5. The van der Waals surface area contributed by atoms with E-state index in [9.17, 15) is 4.79 Å². The number of nitrogens with one attached hydrogen (secondary N) is 2. The molecule has 0 aromatic carbocycles. The molecule has 2 rings (SSSR count). The highest BCUT2D eigenvalue weighted by Crippen LogP contribution is 2.28. The lowest BCUT2D eigenvalue weighted by molar-refractivity contribution is -0.121. The highest BCUT2D eigenvalue weighted by Gasteiger charge is 2.32. The molecule has 1 aliphatic rings. The third-order valence-electron chi connectivity index (χ3n) is 4.72. The van der Waals surface area contributed by atoms with Gasteiger partial charge in [-0.05, 0) is 32.4 Å². The molecule has 2 heterocycles. The third kappa shape index (κ3) is 5.19. The summed E-state index contributed by atoms with van der Waals surface area (Å²) in [5.41, 5.74) is 1.90. The summed E-state index contributed by atoms with van der Waals surface area (Å²) < 4.78 is 10.7. The maximum absolute atomic E-state index is 12.4. The van der Waals surface area contributed by atoms with Gasteiger partial charge in [0, 0.05) is 31.1 Å². The molecule has 0 radical (unpaired) electrons.